The first-order valence-corrected chi connectivity index (χ1v) is 12.1. The number of hydrogen-bond acceptors (Lipinski definition) is 5. The van der Waals surface area contributed by atoms with Gasteiger partial charge in [-0.2, -0.15) is 0 Å². The van der Waals surface area contributed by atoms with Crippen molar-refractivity contribution in [2.24, 2.45) is 4.99 Å². The highest BCUT2D eigenvalue weighted by Crippen LogP contribution is 2.32. The SMILES string of the molecule is COc1cc(OC)c(C=Nc2ccc(S(=O)(=O)Nc3c(C)cc(C)cc3C)cc2)cc1Br. The molecule has 0 amide bonds. The summed E-state index contributed by atoms with van der Waals surface area (Å²) < 4.78 is 39.9. The van der Waals surface area contributed by atoms with Gasteiger partial charge in [0.15, 0.2) is 0 Å². The third-order valence-corrected chi connectivity index (χ3v) is 6.90. The van der Waals surface area contributed by atoms with Gasteiger partial charge in [0.25, 0.3) is 10.0 Å². The number of rotatable bonds is 7. The Hall–Kier alpha value is -2.84. The fraction of sp³-hybridized carbons (Fsp3) is 0.208. The number of nitrogens with zero attached hydrogens (tertiary/aromatic N) is 1. The van der Waals surface area contributed by atoms with E-state index in [2.05, 4.69) is 25.6 Å². The zero-order valence-corrected chi connectivity index (χ0v) is 21.0. The minimum absolute atomic E-state index is 0.167. The highest BCUT2D eigenvalue weighted by Gasteiger charge is 2.17. The second kappa shape index (κ2) is 9.75. The van der Waals surface area contributed by atoms with Crippen molar-refractivity contribution in [3.63, 3.8) is 0 Å². The van der Waals surface area contributed by atoms with Gasteiger partial charge in [0.05, 0.1) is 35.0 Å². The van der Waals surface area contributed by atoms with Crippen LogP contribution in [0.2, 0.25) is 0 Å². The van der Waals surface area contributed by atoms with Gasteiger partial charge < -0.3 is 9.47 Å². The van der Waals surface area contributed by atoms with Gasteiger partial charge in [0.1, 0.15) is 11.5 Å². The molecule has 1 N–H and O–H groups in total. The molecule has 0 aliphatic heterocycles. The third-order valence-electron chi connectivity index (χ3n) is 4.92. The Labute approximate surface area is 197 Å². The molecule has 0 saturated heterocycles. The Balaban J connectivity index is 1.83. The number of nitrogens with one attached hydrogen (secondary N) is 1. The molecule has 8 heteroatoms. The van der Waals surface area contributed by atoms with Crippen molar-refractivity contribution in [3.8, 4) is 11.5 Å². The summed E-state index contributed by atoms with van der Waals surface area (Å²) in [4.78, 5) is 4.61. The van der Waals surface area contributed by atoms with Gasteiger partial charge in [-0.15, -0.1) is 0 Å². The lowest BCUT2D eigenvalue weighted by Gasteiger charge is -2.14. The summed E-state index contributed by atoms with van der Waals surface area (Å²) in [6, 6.07) is 13.9. The van der Waals surface area contributed by atoms with E-state index < -0.39 is 10.0 Å². The Kier molecular flexibility index (Phi) is 7.26. The van der Waals surface area contributed by atoms with Crippen LogP contribution in [-0.2, 0) is 10.0 Å². The fourth-order valence-corrected chi connectivity index (χ4v) is 5.10. The maximum atomic E-state index is 12.9. The summed E-state index contributed by atoms with van der Waals surface area (Å²) in [7, 11) is -0.565. The van der Waals surface area contributed by atoms with Crippen molar-refractivity contribution in [2.75, 3.05) is 18.9 Å². The lowest BCUT2D eigenvalue weighted by atomic mass is 10.1. The molecule has 32 heavy (non-hydrogen) atoms. The highest BCUT2D eigenvalue weighted by molar-refractivity contribution is 9.10. The van der Waals surface area contributed by atoms with Crippen LogP contribution in [0.1, 0.15) is 22.3 Å². The fourth-order valence-electron chi connectivity index (χ4n) is 3.37. The topological polar surface area (TPSA) is 77.0 Å². The summed E-state index contributed by atoms with van der Waals surface area (Å²) in [5.41, 5.74) is 4.82. The first kappa shape index (κ1) is 23.8. The van der Waals surface area contributed by atoms with Crippen LogP contribution in [0.25, 0.3) is 0 Å². The van der Waals surface area contributed by atoms with Gasteiger partial charge in [-0.25, -0.2) is 8.42 Å². The summed E-state index contributed by atoms with van der Waals surface area (Å²) in [6.07, 6.45) is 1.66. The minimum Gasteiger partial charge on any atom is -0.496 e. The molecule has 3 aromatic rings. The largest absolute Gasteiger partial charge is 0.496 e. The molecule has 0 aromatic heterocycles. The molecule has 0 aliphatic carbocycles. The van der Waals surface area contributed by atoms with Crippen LogP contribution in [-0.4, -0.2) is 28.9 Å². The quantitative estimate of drug-likeness (QED) is 0.394. The number of ether oxygens (including phenoxy) is 2. The Morgan fingerprint density at radius 2 is 1.50 bits per heavy atom. The van der Waals surface area contributed by atoms with Crippen LogP contribution in [0.15, 0.2) is 62.9 Å². The van der Waals surface area contributed by atoms with Crippen molar-refractivity contribution in [3.05, 3.63) is 75.3 Å². The number of anilines is 1. The normalized spacial score (nSPS) is 11.6. The third kappa shape index (κ3) is 5.31. The molecule has 0 atom stereocenters. The summed E-state index contributed by atoms with van der Waals surface area (Å²) in [5.74, 6) is 1.26. The van der Waals surface area contributed by atoms with E-state index in [0.717, 1.165) is 26.7 Å². The van der Waals surface area contributed by atoms with Gasteiger partial charge >= 0.3 is 0 Å². The lowest BCUT2D eigenvalue weighted by molar-refractivity contribution is 0.392. The number of aryl methyl sites for hydroxylation is 3. The molecule has 3 rings (SSSR count). The van der Waals surface area contributed by atoms with Crippen molar-refractivity contribution in [1.29, 1.82) is 0 Å². The standard InChI is InChI=1S/C24H25BrN2O4S/c1-15-10-16(2)24(17(3)11-15)27-32(28,29)20-8-6-19(7-9-20)26-14-18-12-21(25)23(31-5)13-22(18)30-4/h6-14,27H,1-5H3. The average molecular weight is 517 g/mol. The molecule has 0 bridgehead atoms. The Morgan fingerprint density at radius 3 is 2.06 bits per heavy atom. The van der Waals surface area contributed by atoms with Crippen LogP contribution >= 0.6 is 15.9 Å². The van der Waals surface area contributed by atoms with Gasteiger partial charge in [-0.1, -0.05) is 17.7 Å². The molecule has 0 unspecified atom stereocenters. The van der Waals surface area contributed by atoms with E-state index >= 15 is 0 Å². The zero-order valence-electron chi connectivity index (χ0n) is 18.6. The van der Waals surface area contributed by atoms with Gasteiger partial charge in [-0.3, -0.25) is 9.71 Å². The van der Waals surface area contributed by atoms with Crippen molar-refractivity contribution in [1.82, 2.24) is 0 Å². The number of hydrogen-bond donors (Lipinski definition) is 1. The first-order chi connectivity index (χ1) is 15.1. The zero-order chi connectivity index (χ0) is 23.5. The molecule has 0 spiro atoms. The second-order valence-electron chi connectivity index (χ2n) is 7.36. The summed E-state index contributed by atoms with van der Waals surface area (Å²) in [5, 5.41) is 0. The Bertz CT molecular complexity index is 1250. The molecule has 0 fully saturated rings. The van der Waals surface area contributed by atoms with Crippen LogP contribution in [0, 0.1) is 20.8 Å². The number of aliphatic imine (C=N–C) groups is 1. The van der Waals surface area contributed by atoms with Crippen LogP contribution < -0.4 is 14.2 Å². The van der Waals surface area contributed by atoms with Crippen molar-refractivity contribution >= 4 is 43.5 Å². The summed E-state index contributed by atoms with van der Waals surface area (Å²) in [6.45, 7) is 5.76. The first-order valence-electron chi connectivity index (χ1n) is 9.81. The monoisotopic (exact) mass is 516 g/mol. The van der Waals surface area contributed by atoms with Crippen molar-refractivity contribution in [2.45, 2.75) is 25.7 Å². The van der Waals surface area contributed by atoms with E-state index in [-0.39, 0.29) is 4.90 Å². The molecule has 0 heterocycles. The van der Waals surface area contributed by atoms with Gasteiger partial charge in [-0.05, 0) is 78.2 Å². The molecule has 168 valence electrons. The average Bonchev–Trinajstić information content (AvgIpc) is 2.75. The molecular formula is C24H25BrN2O4S. The minimum atomic E-state index is -3.72. The van der Waals surface area contributed by atoms with E-state index in [1.165, 1.54) is 12.1 Å². The maximum absolute atomic E-state index is 12.9. The lowest BCUT2D eigenvalue weighted by Crippen LogP contribution is -2.14. The number of methoxy groups -OCH3 is 2. The highest BCUT2D eigenvalue weighted by atomic mass is 79.9. The van der Waals surface area contributed by atoms with E-state index in [0.29, 0.717) is 22.9 Å². The molecule has 0 radical (unpaired) electrons. The number of benzene rings is 3. The number of halogens is 1. The smallest absolute Gasteiger partial charge is 0.261 e. The summed E-state index contributed by atoms with van der Waals surface area (Å²) >= 11 is 3.45. The molecule has 6 nitrogen and oxygen atoms in total. The molecule has 0 saturated carbocycles. The van der Waals surface area contributed by atoms with E-state index in [9.17, 15) is 8.42 Å². The maximum Gasteiger partial charge on any atom is 0.261 e. The van der Waals surface area contributed by atoms with Gasteiger partial charge in [0, 0.05) is 17.8 Å². The number of sulfonamides is 1. The van der Waals surface area contributed by atoms with Crippen LogP contribution in [0.3, 0.4) is 0 Å². The van der Waals surface area contributed by atoms with E-state index in [1.807, 2.05) is 39.0 Å². The van der Waals surface area contributed by atoms with Crippen LogP contribution in [0.4, 0.5) is 11.4 Å². The van der Waals surface area contributed by atoms with E-state index in [4.69, 9.17) is 9.47 Å². The van der Waals surface area contributed by atoms with Crippen LogP contribution in [0.5, 0.6) is 11.5 Å². The second-order valence-corrected chi connectivity index (χ2v) is 9.90. The van der Waals surface area contributed by atoms with Crippen molar-refractivity contribution < 1.29 is 17.9 Å². The molecule has 3 aromatic carbocycles. The predicted molar refractivity (Wildman–Crippen MR) is 132 cm³/mol. The van der Waals surface area contributed by atoms with Gasteiger partial charge in [0.2, 0.25) is 0 Å². The van der Waals surface area contributed by atoms with E-state index in [1.54, 1.807) is 38.6 Å². The predicted octanol–water partition coefficient (Wildman–Crippen LogP) is 5.94. The molecular weight excluding hydrogens is 492 g/mol. The molecule has 0 aliphatic rings. The Morgan fingerprint density at radius 1 is 0.906 bits per heavy atom.